The molecule has 0 fully saturated rings. The predicted molar refractivity (Wildman–Crippen MR) is 72.5 cm³/mol. The first-order chi connectivity index (χ1) is 8.08. The Morgan fingerprint density at radius 2 is 2.12 bits per heavy atom. The second-order valence-electron chi connectivity index (χ2n) is 4.64. The van der Waals surface area contributed by atoms with Crippen molar-refractivity contribution < 1.29 is 0 Å². The van der Waals surface area contributed by atoms with Crippen LogP contribution in [0.25, 0.3) is 10.4 Å². The molecule has 98 valence electrons. The Morgan fingerprint density at radius 1 is 1.41 bits per heavy atom. The van der Waals surface area contributed by atoms with Crippen LogP contribution in [0.5, 0.6) is 0 Å². The quantitative estimate of drug-likeness (QED) is 0.153. The Balaban J connectivity index is 3.99. The van der Waals surface area contributed by atoms with Gasteiger partial charge in [-0.3, -0.25) is 5.43 Å². The van der Waals surface area contributed by atoms with Crippen molar-refractivity contribution in [1.29, 1.82) is 0 Å². The van der Waals surface area contributed by atoms with Crippen LogP contribution in [0.3, 0.4) is 0 Å². The summed E-state index contributed by atoms with van der Waals surface area (Å²) in [6, 6.07) is 0. The van der Waals surface area contributed by atoms with Crippen molar-refractivity contribution in [2.45, 2.75) is 52.0 Å². The predicted octanol–water partition coefficient (Wildman–Crippen LogP) is 3.31. The van der Waals surface area contributed by atoms with Gasteiger partial charge in [0.15, 0.2) is 0 Å². The normalized spacial score (nSPS) is 13.6. The van der Waals surface area contributed by atoms with E-state index < -0.39 is 0 Å². The molecule has 2 N–H and O–H groups in total. The Labute approximate surface area is 104 Å². The summed E-state index contributed by atoms with van der Waals surface area (Å²) < 4.78 is 0. The van der Waals surface area contributed by atoms with E-state index in [1.807, 2.05) is 0 Å². The largest absolute Gasteiger partial charge is 0.313 e. The van der Waals surface area contributed by atoms with Crippen molar-refractivity contribution in [1.82, 2.24) is 10.7 Å². The van der Waals surface area contributed by atoms with E-state index in [9.17, 15) is 0 Å². The Hall–Kier alpha value is -1.19. The number of azide groups is 1. The zero-order valence-corrected chi connectivity index (χ0v) is 11.3. The molecule has 0 aliphatic rings. The van der Waals surface area contributed by atoms with Gasteiger partial charge in [0.05, 0.1) is 0 Å². The van der Waals surface area contributed by atoms with Gasteiger partial charge in [0.1, 0.15) is 5.54 Å². The highest BCUT2D eigenvalue weighted by molar-refractivity contribution is 4.95. The smallest absolute Gasteiger partial charge is 0.105 e. The lowest BCUT2D eigenvalue weighted by Gasteiger charge is -2.25. The summed E-state index contributed by atoms with van der Waals surface area (Å²) in [6.45, 7) is 12.0. The molecule has 5 heteroatoms. The first-order valence-electron chi connectivity index (χ1n) is 6.26. The summed E-state index contributed by atoms with van der Waals surface area (Å²) in [7, 11) is 0. The Bertz CT molecular complexity index is 270. The van der Waals surface area contributed by atoms with Crippen LogP contribution in [-0.2, 0) is 0 Å². The summed E-state index contributed by atoms with van der Waals surface area (Å²) in [5, 5.41) is 6.83. The average molecular weight is 239 g/mol. The first-order valence-corrected chi connectivity index (χ1v) is 6.26. The van der Waals surface area contributed by atoms with Gasteiger partial charge in [-0.2, -0.15) is 4.91 Å². The molecule has 1 unspecified atom stereocenters. The molecule has 0 rings (SSSR count). The lowest BCUT2D eigenvalue weighted by atomic mass is 9.93. The highest BCUT2D eigenvalue weighted by atomic mass is 15.4. The minimum atomic E-state index is -0.123. The molecule has 0 aromatic heterocycles. The van der Waals surface area contributed by atoms with Gasteiger partial charge in [-0.1, -0.05) is 32.4 Å². The van der Waals surface area contributed by atoms with E-state index >= 15 is 0 Å². The van der Waals surface area contributed by atoms with Crippen molar-refractivity contribution in [3.8, 4) is 0 Å². The molecule has 0 saturated heterocycles. The second kappa shape index (κ2) is 8.90. The number of hydrogen-bond donors (Lipinski definition) is 2. The van der Waals surface area contributed by atoms with Crippen molar-refractivity contribution >= 4 is 0 Å². The standard InChI is InChI=1S/C12H25N5/c1-5-7-12(4,15-17-16-13)8-9-14-10-11(3)6-2/h14-15H,3,5-10H2,1-2,4H3. The van der Waals surface area contributed by atoms with Crippen LogP contribution in [0.2, 0.25) is 0 Å². The fraction of sp³-hybridized carbons (Fsp3) is 0.833. The highest BCUT2D eigenvalue weighted by Gasteiger charge is 2.24. The van der Waals surface area contributed by atoms with Gasteiger partial charge in [0.25, 0.3) is 0 Å². The fourth-order valence-electron chi connectivity index (χ4n) is 1.69. The molecule has 0 spiro atoms. The van der Waals surface area contributed by atoms with Gasteiger partial charge in [-0.25, -0.2) is 0 Å². The number of nitrogens with one attached hydrogen (secondary N) is 2. The molecule has 0 aromatic carbocycles. The van der Waals surface area contributed by atoms with Crippen molar-refractivity contribution in [3.63, 3.8) is 0 Å². The molecule has 0 heterocycles. The van der Waals surface area contributed by atoms with E-state index in [1.54, 1.807) is 0 Å². The molecule has 17 heavy (non-hydrogen) atoms. The number of rotatable bonds is 10. The minimum absolute atomic E-state index is 0.123. The lowest BCUT2D eigenvalue weighted by Crippen LogP contribution is -2.41. The van der Waals surface area contributed by atoms with Crippen molar-refractivity contribution in [2.24, 2.45) is 5.22 Å². The third-order valence-corrected chi connectivity index (χ3v) is 2.89. The molecule has 0 aliphatic heterocycles. The van der Waals surface area contributed by atoms with Crippen LogP contribution in [0.15, 0.2) is 17.4 Å². The molecule has 0 radical (unpaired) electrons. The van der Waals surface area contributed by atoms with Gasteiger partial charge in [-0.05, 0) is 31.5 Å². The minimum Gasteiger partial charge on any atom is -0.313 e. The van der Waals surface area contributed by atoms with E-state index in [4.69, 9.17) is 5.53 Å². The van der Waals surface area contributed by atoms with Crippen LogP contribution in [-0.4, -0.2) is 18.6 Å². The van der Waals surface area contributed by atoms with Crippen LogP contribution >= 0.6 is 0 Å². The average Bonchev–Trinajstić information content (AvgIpc) is 2.32. The van der Waals surface area contributed by atoms with Crippen molar-refractivity contribution in [2.75, 3.05) is 13.1 Å². The monoisotopic (exact) mass is 239 g/mol. The molecular weight excluding hydrogens is 214 g/mol. The Morgan fingerprint density at radius 3 is 2.65 bits per heavy atom. The first kappa shape index (κ1) is 15.8. The molecule has 0 aliphatic carbocycles. The molecule has 0 saturated carbocycles. The van der Waals surface area contributed by atoms with Gasteiger partial charge in [0.2, 0.25) is 0 Å². The van der Waals surface area contributed by atoms with Gasteiger partial charge >= 0.3 is 0 Å². The summed E-state index contributed by atoms with van der Waals surface area (Å²) in [5.41, 5.74) is 12.3. The maximum Gasteiger partial charge on any atom is 0.105 e. The third kappa shape index (κ3) is 7.66. The summed E-state index contributed by atoms with van der Waals surface area (Å²) in [4.78, 5) is 2.75. The molecule has 5 nitrogen and oxygen atoms in total. The molecule has 0 aromatic rings. The van der Waals surface area contributed by atoms with Gasteiger partial charge in [0, 0.05) is 13.0 Å². The van der Waals surface area contributed by atoms with E-state index in [1.165, 1.54) is 5.57 Å². The van der Waals surface area contributed by atoms with E-state index in [0.29, 0.717) is 0 Å². The topological polar surface area (TPSA) is 72.8 Å². The maximum absolute atomic E-state index is 8.34. The summed E-state index contributed by atoms with van der Waals surface area (Å²) in [5.74, 6) is 0. The zero-order valence-electron chi connectivity index (χ0n) is 11.3. The second-order valence-corrected chi connectivity index (χ2v) is 4.64. The van der Waals surface area contributed by atoms with E-state index in [-0.39, 0.29) is 5.54 Å². The SMILES string of the molecule is C=C(CC)CNCCC(C)(CCC)NN=[N+]=[N-]. The van der Waals surface area contributed by atoms with Gasteiger partial charge < -0.3 is 5.32 Å². The fourth-order valence-corrected chi connectivity index (χ4v) is 1.69. The van der Waals surface area contributed by atoms with Crippen molar-refractivity contribution in [3.05, 3.63) is 22.6 Å². The van der Waals surface area contributed by atoms with Crippen LogP contribution in [0.4, 0.5) is 0 Å². The third-order valence-electron chi connectivity index (χ3n) is 2.89. The zero-order chi connectivity index (χ0) is 13.1. The van der Waals surface area contributed by atoms with Crippen LogP contribution < -0.4 is 10.7 Å². The summed E-state index contributed by atoms with van der Waals surface area (Å²) >= 11 is 0. The van der Waals surface area contributed by atoms with Gasteiger partial charge in [-0.15, -0.1) is 5.53 Å². The molecule has 1 atom stereocenters. The maximum atomic E-state index is 8.34. The Kier molecular flexibility index (Phi) is 8.28. The van der Waals surface area contributed by atoms with E-state index in [0.717, 1.165) is 38.8 Å². The number of hydrogen-bond acceptors (Lipinski definition) is 2. The molecule has 0 amide bonds. The molecule has 0 bridgehead atoms. The summed E-state index contributed by atoms with van der Waals surface area (Å²) in [6.07, 6.45) is 3.99. The highest BCUT2D eigenvalue weighted by Crippen LogP contribution is 2.16. The van der Waals surface area contributed by atoms with Crippen LogP contribution in [0.1, 0.15) is 46.5 Å². The lowest BCUT2D eigenvalue weighted by molar-refractivity contribution is 0.306. The molecular formula is C12H25N5. The van der Waals surface area contributed by atoms with E-state index in [2.05, 4.69) is 48.2 Å². The number of nitrogens with zero attached hydrogens (tertiary/aromatic N) is 3. The van der Waals surface area contributed by atoms with Crippen LogP contribution in [0, 0.1) is 0 Å².